The van der Waals surface area contributed by atoms with Gasteiger partial charge in [-0.05, 0) is 31.7 Å². The Morgan fingerprint density at radius 1 is 1.56 bits per heavy atom. The van der Waals surface area contributed by atoms with Crippen molar-refractivity contribution in [3.05, 3.63) is 24.0 Å². The van der Waals surface area contributed by atoms with E-state index in [1.54, 1.807) is 12.3 Å². The van der Waals surface area contributed by atoms with E-state index in [4.69, 9.17) is 0 Å². The summed E-state index contributed by atoms with van der Waals surface area (Å²) in [7, 11) is 0. The Kier molecular flexibility index (Phi) is 6.57. The van der Waals surface area contributed by atoms with Gasteiger partial charge in [-0.25, -0.2) is 0 Å². The first-order valence-corrected chi connectivity index (χ1v) is 7.47. The fraction of sp³-hybridized carbons (Fsp3) is 0.538. The van der Waals surface area contributed by atoms with Crippen LogP contribution in [-0.2, 0) is 0 Å². The van der Waals surface area contributed by atoms with Crippen LogP contribution in [0.15, 0.2) is 18.3 Å². The van der Waals surface area contributed by atoms with Gasteiger partial charge in [0.1, 0.15) is 5.69 Å². The predicted molar refractivity (Wildman–Crippen MR) is 78.3 cm³/mol. The summed E-state index contributed by atoms with van der Waals surface area (Å²) in [4.78, 5) is 15.7. The van der Waals surface area contributed by atoms with E-state index in [1.165, 1.54) is 0 Å². The van der Waals surface area contributed by atoms with Gasteiger partial charge in [0, 0.05) is 30.2 Å². The molecule has 1 unspecified atom stereocenters. The molecule has 2 N–H and O–H groups in total. The molecule has 0 aliphatic rings. The molecular weight excluding hydrogens is 246 g/mol. The van der Waals surface area contributed by atoms with Crippen LogP contribution >= 0.6 is 11.8 Å². The van der Waals surface area contributed by atoms with Crippen molar-refractivity contribution >= 4 is 23.4 Å². The highest BCUT2D eigenvalue weighted by atomic mass is 32.2. The number of rotatable bonds is 7. The highest BCUT2D eigenvalue weighted by Crippen LogP contribution is 2.12. The summed E-state index contributed by atoms with van der Waals surface area (Å²) >= 11 is 1.86. The lowest BCUT2D eigenvalue weighted by atomic mass is 10.2. The maximum absolute atomic E-state index is 11.6. The number of pyridine rings is 1. The number of thioether (sulfide) groups is 1. The third-order valence-electron chi connectivity index (χ3n) is 2.61. The summed E-state index contributed by atoms with van der Waals surface area (Å²) in [5.74, 6) is -0.126. The van der Waals surface area contributed by atoms with Gasteiger partial charge >= 0.3 is 0 Å². The van der Waals surface area contributed by atoms with Crippen LogP contribution in [0.25, 0.3) is 0 Å². The number of hydrogen-bond donors (Lipinski definition) is 2. The van der Waals surface area contributed by atoms with Crippen molar-refractivity contribution in [2.45, 2.75) is 25.5 Å². The molecule has 4 nitrogen and oxygen atoms in total. The zero-order valence-corrected chi connectivity index (χ0v) is 12.0. The second-order valence-corrected chi connectivity index (χ2v) is 5.33. The molecule has 18 heavy (non-hydrogen) atoms. The molecule has 1 aromatic rings. The Morgan fingerprint density at radius 2 is 2.33 bits per heavy atom. The molecule has 1 heterocycles. The lowest BCUT2D eigenvalue weighted by Gasteiger charge is -2.10. The third kappa shape index (κ3) is 4.96. The fourth-order valence-electron chi connectivity index (χ4n) is 1.45. The predicted octanol–water partition coefficient (Wildman–Crippen LogP) is 2.38. The van der Waals surface area contributed by atoms with Gasteiger partial charge in [0.05, 0.1) is 0 Å². The molecule has 1 amide bonds. The Hall–Kier alpha value is -1.23. The van der Waals surface area contributed by atoms with Gasteiger partial charge in [-0.15, -0.1) is 0 Å². The minimum absolute atomic E-state index is 0.126. The molecule has 0 aromatic carbocycles. The van der Waals surface area contributed by atoms with Gasteiger partial charge in [-0.1, -0.05) is 6.92 Å². The molecule has 0 saturated heterocycles. The van der Waals surface area contributed by atoms with E-state index < -0.39 is 0 Å². The molecule has 100 valence electrons. The monoisotopic (exact) mass is 267 g/mol. The molecule has 1 rings (SSSR count). The standard InChI is InChI=1S/C13H21N3OS/c1-4-14-13(17)12-9-11(6-8-16-12)15-7-5-10(2)18-3/h6,8-10H,4-5,7H2,1-3H3,(H,14,17)(H,15,16). The highest BCUT2D eigenvalue weighted by molar-refractivity contribution is 7.99. The summed E-state index contributed by atoms with van der Waals surface area (Å²) in [6.07, 6.45) is 4.87. The van der Waals surface area contributed by atoms with E-state index in [2.05, 4.69) is 28.8 Å². The quantitative estimate of drug-likeness (QED) is 0.796. The zero-order chi connectivity index (χ0) is 13.4. The smallest absolute Gasteiger partial charge is 0.269 e. The first kappa shape index (κ1) is 14.8. The third-order valence-corrected chi connectivity index (χ3v) is 3.65. The van der Waals surface area contributed by atoms with Gasteiger partial charge in [0.25, 0.3) is 5.91 Å². The molecule has 0 spiro atoms. The molecular formula is C13H21N3OS. The molecule has 0 aliphatic carbocycles. The number of carbonyl (C=O) groups is 1. The summed E-state index contributed by atoms with van der Waals surface area (Å²) in [6, 6.07) is 3.67. The van der Waals surface area contributed by atoms with E-state index in [1.807, 2.05) is 24.8 Å². The maximum atomic E-state index is 11.6. The lowest BCUT2D eigenvalue weighted by molar-refractivity contribution is 0.0951. The molecule has 0 saturated carbocycles. The zero-order valence-electron chi connectivity index (χ0n) is 11.2. The van der Waals surface area contributed by atoms with Crippen LogP contribution in [-0.4, -0.2) is 35.5 Å². The lowest BCUT2D eigenvalue weighted by Crippen LogP contribution is -2.23. The van der Waals surface area contributed by atoms with Gasteiger partial charge in [-0.3, -0.25) is 9.78 Å². The van der Waals surface area contributed by atoms with E-state index in [0.29, 0.717) is 17.5 Å². The Labute approximate surface area is 113 Å². The normalized spacial score (nSPS) is 11.9. The Balaban J connectivity index is 2.51. The van der Waals surface area contributed by atoms with Crippen LogP contribution in [0.1, 0.15) is 30.8 Å². The molecule has 1 aromatic heterocycles. The molecule has 0 fully saturated rings. The molecule has 0 radical (unpaired) electrons. The molecule has 1 atom stereocenters. The summed E-state index contributed by atoms with van der Waals surface area (Å²) in [5, 5.41) is 6.69. The number of amides is 1. The van der Waals surface area contributed by atoms with Crippen molar-refractivity contribution in [1.82, 2.24) is 10.3 Å². The van der Waals surface area contributed by atoms with Crippen LogP contribution in [0.3, 0.4) is 0 Å². The van der Waals surface area contributed by atoms with Crippen LogP contribution in [0, 0.1) is 0 Å². The number of anilines is 1. The van der Waals surface area contributed by atoms with Crippen molar-refractivity contribution < 1.29 is 4.79 Å². The molecule has 0 aliphatic heterocycles. The van der Waals surface area contributed by atoms with Crippen LogP contribution in [0.4, 0.5) is 5.69 Å². The van der Waals surface area contributed by atoms with Crippen LogP contribution < -0.4 is 10.6 Å². The SMILES string of the molecule is CCNC(=O)c1cc(NCCC(C)SC)ccn1. The van der Waals surface area contributed by atoms with Gasteiger partial charge in [0.2, 0.25) is 0 Å². The van der Waals surface area contributed by atoms with Crippen molar-refractivity contribution in [2.75, 3.05) is 24.7 Å². The highest BCUT2D eigenvalue weighted by Gasteiger charge is 2.06. The van der Waals surface area contributed by atoms with Crippen molar-refractivity contribution in [3.8, 4) is 0 Å². The second-order valence-electron chi connectivity index (χ2n) is 4.05. The van der Waals surface area contributed by atoms with Gasteiger partial charge in [0.15, 0.2) is 0 Å². The first-order chi connectivity index (χ1) is 8.67. The average Bonchev–Trinajstić information content (AvgIpc) is 2.39. The topological polar surface area (TPSA) is 54.0 Å². The minimum atomic E-state index is -0.126. The van der Waals surface area contributed by atoms with Gasteiger partial charge < -0.3 is 10.6 Å². The average molecular weight is 267 g/mol. The van der Waals surface area contributed by atoms with E-state index in [0.717, 1.165) is 18.7 Å². The van der Waals surface area contributed by atoms with E-state index in [9.17, 15) is 4.79 Å². The Morgan fingerprint density at radius 3 is 3.00 bits per heavy atom. The minimum Gasteiger partial charge on any atom is -0.385 e. The van der Waals surface area contributed by atoms with Crippen molar-refractivity contribution in [1.29, 1.82) is 0 Å². The number of aromatic nitrogens is 1. The van der Waals surface area contributed by atoms with Crippen molar-refractivity contribution in [2.24, 2.45) is 0 Å². The number of hydrogen-bond acceptors (Lipinski definition) is 4. The summed E-state index contributed by atoms with van der Waals surface area (Å²) in [5.41, 5.74) is 1.40. The number of nitrogens with one attached hydrogen (secondary N) is 2. The summed E-state index contributed by atoms with van der Waals surface area (Å²) < 4.78 is 0. The molecule has 0 bridgehead atoms. The fourth-order valence-corrected chi connectivity index (χ4v) is 1.81. The number of carbonyl (C=O) groups excluding carboxylic acids is 1. The largest absolute Gasteiger partial charge is 0.385 e. The second kappa shape index (κ2) is 7.97. The Bertz CT molecular complexity index is 384. The van der Waals surface area contributed by atoms with Crippen LogP contribution in [0.2, 0.25) is 0 Å². The van der Waals surface area contributed by atoms with E-state index >= 15 is 0 Å². The first-order valence-electron chi connectivity index (χ1n) is 6.18. The number of nitrogens with zero attached hydrogens (tertiary/aromatic N) is 1. The summed E-state index contributed by atoms with van der Waals surface area (Å²) in [6.45, 7) is 5.62. The molecule has 5 heteroatoms. The van der Waals surface area contributed by atoms with Crippen molar-refractivity contribution in [3.63, 3.8) is 0 Å². The van der Waals surface area contributed by atoms with Gasteiger partial charge in [-0.2, -0.15) is 11.8 Å². The maximum Gasteiger partial charge on any atom is 0.269 e. The van der Waals surface area contributed by atoms with E-state index in [-0.39, 0.29) is 5.91 Å². The van der Waals surface area contributed by atoms with Crippen LogP contribution in [0.5, 0.6) is 0 Å².